The molecule has 0 spiro atoms. The fourth-order valence-corrected chi connectivity index (χ4v) is 5.57. The molecule has 1 aromatic carbocycles. The maximum atomic E-state index is 14.1. The molecule has 0 saturated carbocycles. The second-order valence-corrected chi connectivity index (χ2v) is 11.5. The topological polar surface area (TPSA) is 102 Å². The number of unbranched alkanes of at least 4 members (excludes halogenated alkanes) is 2. The van der Waals surface area contributed by atoms with E-state index in [0.717, 1.165) is 67.9 Å². The zero-order valence-corrected chi connectivity index (χ0v) is 26.7. The number of alkyl halides is 3. The van der Waals surface area contributed by atoms with Crippen LogP contribution in [-0.4, -0.2) is 39.1 Å². The normalized spacial score (nSPS) is 16.4. The van der Waals surface area contributed by atoms with E-state index in [2.05, 4.69) is 18.7 Å². The van der Waals surface area contributed by atoms with Gasteiger partial charge in [-0.15, -0.1) is 11.3 Å². The predicted molar refractivity (Wildman–Crippen MR) is 170 cm³/mol. The van der Waals surface area contributed by atoms with Crippen molar-refractivity contribution in [1.82, 2.24) is 0 Å². The number of hydrogen-bond donors (Lipinski definition) is 0. The Labute approximate surface area is 266 Å². The Morgan fingerprint density at radius 1 is 0.933 bits per heavy atom. The summed E-state index contributed by atoms with van der Waals surface area (Å²) in [4.78, 5) is 3.76. The van der Waals surface area contributed by atoms with Crippen LogP contribution in [-0.2, 0) is 4.74 Å². The highest BCUT2D eigenvalue weighted by atomic mass is 32.1. The highest BCUT2D eigenvalue weighted by Gasteiger charge is 2.60. The van der Waals surface area contributed by atoms with Crippen LogP contribution in [0.3, 0.4) is 0 Å². The highest BCUT2D eigenvalue weighted by Crippen LogP contribution is 2.49. The number of allylic oxidation sites excluding steroid dienone is 2. The lowest BCUT2D eigenvalue weighted by Crippen LogP contribution is -2.43. The fraction of sp³-hybridized carbons (Fsp3) is 0.382. The molecule has 0 radical (unpaired) electrons. The molecule has 0 bridgehead atoms. The molecule has 1 aliphatic rings. The van der Waals surface area contributed by atoms with Crippen LogP contribution in [0.4, 0.5) is 18.9 Å². The van der Waals surface area contributed by atoms with Crippen molar-refractivity contribution in [2.75, 3.05) is 32.2 Å². The number of rotatable bonds is 13. The Morgan fingerprint density at radius 3 is 1.91 bits per heavy atom. The number of anilines is 1. The number of ether oxygens (including phenoxy) is 3. The van der Waals surface area contributed by atoms with Gasteiger partial charge in [0.2, 0.25) is 5.60 Å². The first-order valence-electron chi connectivity index (χ1n) is 14.4. The van der Waals surface area contributed by atoms with Crippen molar-refractivity contribution in [3.8, 4) is 29.7 Å². The molecule has 1 aromatic heterocycles. The van der Waals surface area contributed by atoms with Gasteiger partial charge in [0.1, 0.15) is 35.3 Å². The summed E-state index contributed by atoms with van der Waals surface area (Å²) in [5.74, 6) is 0.623. The highest BCUT2D eigenvalue weighted by molar-refractivity contribution is 7.13. The molecule has 0 aliphatic carbocycles. The smallest absolute Gasteiger partial charge is 0.432 e. The predicted octanol–water partition coefficient (Wildman–Crippen LogP) is 8.83. The number of nitrogens with zero attached hydrogens (tertiary/aromatic N) is 4. The van der Waals surface area contributed by atoms with Gasteiger partial charge in [0.25, 0.3) is 0 Å². The average Bonchev–Trinajstić information content (AvgIpc) is 3.60. The molecule has 7 nitrogen and oxygen atoms in total. The summed E-state index contributed by atoms with van der Waals surface area (Å²) >= 11 is 1.31. The quantitative estimate of drug-likeness (QED) is 0.202. The molecule has 3 rings (SSSR count). The average molecular weight is 637 g/mol. The van der Waals surface area contributed by atoms with Crippen LogP contribution >= 0.6 is 11.3 Å². The lowest BCUT2D eigenvalue weighted by Gasteiger charge is -2.28. The third kappa shape index (κ3) is 7.71. The molecule has 0 N–H and O–H groups in total. The minimum Gasteiger partial charge on any atom is -0.496 e. The zero-order valence-electron chi connectivity index (χ0n) is 25.9. The van der Waals surface area contributed by atoms with Crippen LogP contribution < -0.4 is 14.4 Å². The molecule has 0 saturated heterocycles. The Hall–Kier alpha value is -4.66. The van der Waals surface area contributed by atoms with E-state index < -0.39 is 34.3 Å². The van der Waals surface area contributed by atoms with Crippen LogP contribution in [0.25, 0.3) is 18.2 Å². The van der Waals surface area contributed by atoms with E-state index >= 15 is 0 Å². The standard InChI is InChI=1S/C34H35F3N4O3S/c1-6-8-16-41(17-9-7-2)24-18-30(42-4)27(31(19-24)43-5)14-12-25-10-11-26(45-25)13-15-29-28(22-40)32(23(20-38)21-39)44-33(29,3)34(35,36)37/h10-15,18-19H,6-9,16-17H2,1-5H3. The van der Waals surface area contributed by atoms with Crippen LogP contribution in [0, 0.1) is 34.0 Å². The van der Waals surface area contributed by atoms with Gasteiger partial charge in [0, 0.05) is 46.2 Å². The molecule has 45 heavy (non-hydrogen) atoms. The molecule has 236 valence electrons. The fourth-order valence-electron chi connectivity index (χ4n) is 4.76. The van der Waals surface area contributed by atoms with Crippen LogP contribution in [0.5, 0.6) is 11.5 Å². The van der Waals surface area contributed by atoms with Crippen molar-refractivity contribution in [1.29, 1.82) is 15.8 Å². The summed E-state index contributed by atoms with van der Waals surface area (Å²) in [6.07, 6.45) is 5.72. The number of benzene rings is 1. The van der Waals surface area contributed by atoms with Crippen molar-refractivity contribution in [3.05, 3.63) is 68.1 Å². The van der Waals surface area contributed by atoms with Gasteiger partial charge >= 0.3 is 6.18 Å². The Morgan fingerprint density at radius 2 is 1.47 bits per heavy atom. The number of hydrogen-bond acceptors (Lipinski definition) is 8. The second-order valence-electron chi connectivity index (χ2n) is 10.3. The Kier molecular flexibility index (Phi) is 11.9. The van der Waals surface area contributed by atoms with Crippen LogP contribution in [0.15, 0.2) is 52.8 Å². The molecule has 2 aromatic rings. The summed E-state index contributed by atoms with van der Waals surface area (Å²) in [5, 5.41) is 28.1. The third-order valence-electron chi connectivity index (χ3n) is 7.35. The van der Waals surface area contributed by atoms with E-state index in [4.69, 9.17) is 14.2 Å². The molecule has 11 heteroatoms. The molecular weight excluding hydrogens is 601 g/mol. The van der Waals surface area contributed by atoms with E-state index in [9.17, 15) is 29.0 Å². The monoisotopic (exact) mass is 636 g/mol. The minimum absolute atomic E-state index is 0.484. The first-order chi connectivity index (χ1) is 21.5. The number of nitriles is 3. The summed E-state index contributed by atoms with van der Waals surface area (Å²) in [6.45, 7) is 6.96. The van der Waals surface area contributed by atoms with E-state index in [0.29, 0.717) is 16.4 Å². The summed E-state index contributed by atoms with van der Waals surface area (Å²) in [5.41, 5.74) is -2.84. The van der Waals surface area contributed by atoms with Gasteiger partial charge in [-0.3, -0.25) is 0 Å². The third-order valence-corrected chi connectivity index (χ3v) is 8.37. The number of methoxy groups -OCH3 is 2. The molecule has 0 amide bonds. The van der Waals surface area contributed by atoms with Gasteiger partial charge in [0.05, 0.1) is 19.8 Å². The number of halogens is 3. The van der Waals surface area contributed by atoms with Crippen molar-refractivity contribution in [3.63, 3.8) is 0 Å². The van der Waals surface area contributed by atoms with E-state index in [-0.39, 0.29) is 0 Å². The first kappa shape index (κ1) is 34.8. The Balaban J connectivity index is 1.96. The van der Waals surface area contributed by atoms with Gasteiger partial charge < -0.3 is 19.1 Å². The van der Waals surface area contributed by atoms with Gasteiger partial charge in [-0.05, 0) is 50.1 Å². The van der Waals surface area contributed by atoms with Crippen molar-refractivity contribution < 1.29 is 27.4 Å². The Bertz CT molecular complexity index is 1580. The summed E-state index contributed by atoms with van der Waals surface area (Å²) in [6, 6.07) is 12.2. The maximum Gasteiger partial charge on any atom is 0.432 e. The molecule has 1 atom stereocenters. The lowest BCUT2D eigenvalue weighted by molar-refractivity contribution is -0.236. The number of thiophene rings is 1. The summed E-state index contributed by atoms with van der Waals surface area (Å²) < 4.78 is 58.9. The van der Waals surface area contributed by atoms with Gasteiger partial charge in [-0.2, -0.15) is 29.0 Å². The van der Waals surface area contributed by atoms with E-state index in [1.165, 1.54) is 29.6 Å². The molecule has 2 heterocycles. The zero-order chi connectivity index (χ0) is 33.2. The molecule has 0 fully saturated rings. The molecular formula is C34H35F3N4O3S. The lowest BCUT2D eigenvalue weighted by atomic mass is 9.92. The van der Waals surface area contributed by atoms with E-state index in [1.807, 2.05) is 30.4 Å². The van der Waals surface area contributed by atoms with Crippen molar-refractivity contribution >= 4 is 35.3 Å². The van der Waals surface area contributed by atoms with Crippen molar-refractivity contribution in [2.24, 2.45) is 0 Å². The van der Waals surface area contributed by atoms with E-state index in [1.54, 1.807) is 26.4 Å². The second kappa shape index (κ2) is 15.4. The maximum absolute atomic E-state index is 14.1. The van der Waals surface area contributed by atoms with Crippen LogP contribution in [0.1, 0.15) is 61.8 Å². The first-order valence-corrected chi connectivity index (χ1v) is 15.3. The van der Waals surface area contributed by atoms with Crippen LogP contribution in [0.2, 0.25) is 0 Å². The molecule has 1 unspecified atom stereocenters. The van der Waals surface area contributed by atoms with Gasteiger partial charge in [0.15, 0.2) is 11.3 Å². The van der Waals surface area contributed by atoms with Crippen molar-refractivity contribution in [2.45, 2.75) is 58.2 Å². The van der Waals surface area contributed by atoms with Gasteiger partial charge in [-0.25, -0.2) is 0 Å². The minimum atomic E-state index is -4.92. The SMILES string of the molecule is CCCCN(CCCC)c1cc(OC)c(C=Cc2ccc(C=CC3=C(C#N)C(=C(C#N)C#N)OC3(C)C(F)(F)F)s2)c(OC)c1. The largest absolute Gasteiger partial charge is 0.496 e. The summed E-state index contributed by atoms with van der Waals surface area (Å²) in [7, 11) is 3.21. The molecule has 1 aliphatic heterocycles. The van der Waals surface area contributed by atoms with Gasteiger partial charge in [-0.1, -0.05) is 32.8 Å².